The van der Waals surface area contributed by atoms with Crippen LogP contribution in [0.4, 0.5) is 4.39 Å². The smallest absolute Gasteiger partial charge is 0.137 e. The lowest BCUT2D eigenvalue weighted by atomic mass is 9.98. The van der Waals surface area contributed by atoms with E-state index in [1.54, 1.807) is 26.0 Å². The van der Waals surface area contributed by atoms with Crippen LogP contribution in [0.5, 0.6) is 0 Å². The molecule has 0 saturated heterocycles. The number of hydrogen-bond acceptors (Lipinski definition) is 1. The first-order valence-electron chi connectivity index (χ1n) is 3.41. The second-order valence-electron chi connectivity index (χ2n) is 2.96. The monoisotopic (exact) mass is 153 g/mol. The maximum atomic E-state index is 12.9. The van der Waals surface area contributed by atoms with E-state index in [9.17, 15) is 9.50 Å². The first-order chi connectivity index (χ1) is 5.02. The Labute approximate surface area is 65.5 Å². The van der Waals surface area contributed by atoms with Crippen molar-refractivity contribution in [2.24, 2.45) is 0 Å². The summed E-state index contributed by atoms with van der Waals surface area (Å²) in [6.45, 7) is 3.08. The third-order valence-corrected chi connectivity index (χ3v) is 1.46. The van der Waals surface area contributed by atoms with Crippen molar-refractivity contribution < 1.29 is 9.50 Å². The molecule has 0 aliphatic heterocycles. The molecular weight excluding hydrogens is 143 g/mol. The van der Waals surface area contributed by atoms with Gasteiger partial charge in [0.15, 0.2) is 0 Å². The lowest BCUT2D eigenvalue weighted by Crippen LogP contribution is -2.17. The Hall–Kier alpha value is -0.890. The van der Waals surface area contributed by atoms with Crippen LogP contribution in [0.15, 0.2) is 18.2 Å². The van der Waals surface area contributed by atoms with Gasteiger partial charge in [0, 0.05) is 11.6 Å². The van der Waals surface area contributed by atoms with Gasteiger partial charge in [0.2, 0.25) is 0 Å². The Balaban J connectivity index is 3.14. The summed E-state index contributed by atoms with van der Waals surface area (Å²) in [5.41, 5.74) is -0.845. The summed E-state index contributed by atoms with van der Waals surface area (Å²) in [5.74, 6) is -0.486. The van der Waals surface area contributed by atoms with Crippen molar-refractivity contribution in [1.29, 1.82) is 0 Å². The van der Waals surface area contributed by atoms with Gasteiger partial charge < -0.3 is 5.11 Å². The van der Waals surface area contributed by atoms with Gasteiger partial charge in [0.1, 0.15) is 5.82 Å². The number of halogens is 1. The number of aliphatic hydroxyl groups is 1. The van der Waals surface area contributed by atoms with Crippen LogP contribution in [0.3, 0.4) is 0 Å². The minimum atomic E-state index is -1.12. The number of benzene rings is 1. The van der Waals surface area contributed by atoms with Crippen LogP contribution in [0, 0.1) is 11.9 Å². The third-order valence-electron chi connectivity index (χ3n) is 1.46. The van der Waals surface area contributed by atoms with E-state index in [1.165, 1.54) is 6.07 Å². The summed E-state index contributed by atoms with van der Waals surface area (Å²) in [6, 6.07) is 7.05. The Bertz CT molecular complexity index is 250. The summed E-state index contributed by atoms with van der Waals surface area (Å²) in [6.07, 6.45) is 0. The molecule has 11 heavy (non-hydrogen) atoms. The summed E-state index contributed by atoms with van der Waals surface area (Å²) >= 11 is 0. The molecule has 0 fully saturated rings. The van der Waals surface area contributed by atoms with Crippen LogP contribution in [0.25, 0.3) is 0 Å². The van der Waals surface area contributed by atoms with Gasteiger partial charge in [-0.15, -0.1) is 0 Å². The van der Waals surface area contributed by atoms with Gasteiger partial charge in [-0.25, -0.2) is 4.39 Å². The molecule has 0 amide bonds. The predicted molar refractivity (Wildman–Crippen MR) is 40.5 cm³/mol. The van der Waals surface area contributed by atoms with Gasteiger partial charge in [0.05, 0.1) is 5.60 Å². The van der Waals surface area contributed by atoms with Gasteiger partial charge in [-0.05, 0) is 13.8 Å². The molecule has 0 aromatic heterocycles. The Morgan fingerprint density at radius 2 is 2.18 bits per heavy atom. The van der Waals surface area contributed by atoms with Crippen LogP contribution < -0.4 is 0 Å². The van der Waals surface area contributed by atoms with Gasteiger partial charge >= 0.3 is 0 Å². The fraction of sp³-hybridized carbons (Fsp3) is 0.333. The van der Waals surface area contributed by atoms with E-state index in [2.05, 4.69) is 6.07 Å². The lowest BCUT2D eigenvalue weighted by molar-refractivity contribution is 0.0745. The van der Waals surface area contributed by atoms with Gasteiger partial charge in [-0.3, -0.25) is 0 Å². The first kappa shape index (κ1) is 8.21. The molecule has 1 aromatic carbocycles. The molecule has 1 radical (unpaired) electrons. The molecule has 0 spiro atoms. The quantitative estimate of drug-likeness (QED) is 0.652. The molecule has 59 valence electrons. The number of rotatable bonds is 1. The molecule has 0 saturated carbocycles. The molecule has 0 unspecified atom stereocenters. The molecule has 1 aromatic rings. The molecule has 0 aliphatic rings. The van der Waals surface area contributed by atoms with Gasteiger partial charge in [0.25, 0.3) is 0 Å². The maximum Gasteiger partial charge on any atom is 0.137 e. The molecular formula is C9H10FO. The van der Waals surface area contributed by atoms with E-state index < -0.39 is 11.4 Å². The second-order valence-corrected chi connectivity index (χ2v) is 2.96. The second kappa shape index (κ2) is 2.62. The van der Waals surface area contributed by atoms with E-state index >= 15 is 0 Å². The fourth-order valence-corrected chi connectivity index (χ4v) is 0.889. The highest BCUT2D eigenvalue weighted by Crippen LogP contribution is 2.21. The Morgan fingerprint density at radius 3 is 2.55 bits per heavy atom. The van der Waals surface area contributed by atoms with Crippen molar-refractivity contribution in [1.82, 2.24) is 0 Å². The standard InChI is InChI=1S/C9H10FO/c1-9(2,11)7-5-3-4-6-8(7)10/h3-5,11H,1-2H3. The topological polar surface area (TPSA) is 20.2 Å². The van der Waals surface area contributed by atoms with Crippen molar-refractivity contribution in [2.45, 2.75) is 19.4 Å². The normalized spacial score (nSPS) is 11.6. The molecule has 1 rings (SSSR count). The summed E-state index contributed by atoms with van der Waals surface area (Å²) in [5, 5.41) is 9.41. The zero-order valence-corrected chi connectivity index (χ0v) is 6.56. The van der Waals surface area contributed by atoms with E-state index in [1.807, 2.05) is 0 Å². The summed E-state index contributed by atoms with van der Waals surface area (Å²) in [7, 11) is 0. The molecule has 1 N–H and O–H groups in total. The van der Waals surface area contributed by atoms with Gasteiger partial charge in [-0.1, -0.05) is 18.2 Å². The van der Waals surface area contributed by atoms with Crippen LogP contribution in [-0.4, -0.2) is 5.11 Å². The van der Waals surface area contributed by atoms with Crippen LogP contribution in [0.2, 0.25) is 0 Å². The third kappa shape index (κ3) is 1.77. The average molecular weight is 153 g/mol. The van der Waals surface area contributed by atoms with E-state index in [0.717, 1.165) is 0 Å². The van der Waals surface area contributed by atoms with Gasteiger partial charge in [-0.2, -0.15) is 0 Å². The van der Waals surface area contributed by atoms with Crippen molar-refractivity contribution >= 4 is 0 Å². The van der Waals surface area contributed by atoms with E-state index in [4.69, 9.17) is 0 Å². The van der Waals surface area contributed by atoms with Crippen LogP contribution >= 0.6 is 0 Å². The van der Waals surface area contributed by atoms with Crippen molar-refractivity contribution in [3.63, 3.8) is 0 Å². The first-order valence-corrected chi connectivity index (χ1v) is 3.41. The minimum absolute atomic E-state index is 0.278. The maximum absolute atomic E-state index is 12.9. The Kier molecular flexibility index (Phi) is 1.96. The molecule has 0 bridgehead atoms. The largest absolute Gasteiger partial charge is 0.386 e. The average Bonchev–Trinajstić information content (AvgIpc) is 1.86. The van der Waals surface area contributed by atoms with Crippen LogP contribution in [-0.2, 0) is 5.60 Å². The highest BCUT2D eigenvalue weighted by atomic mass is 19.1. The zero-order chi connectivity index (χ0) is 8.48. The minimum Gasteiger partial charge on any atom is -0.386 e. The fourth-order valence-electron chi connectivity index (χ4n) is 0.889. The summed E-state index contributed by atoms with van der Waals surface area (Å²) in [4.78, 5) is 0. The van der Waals surface area contributed by atoms with Crippen molar-refractivity contribution in [2.75, 3.05) is 0 Å². The predicted octanol–water partition coefficient (Wildman–Crippen LogP) is 1.85. The molecule has 0 heterocycles. The molecule has 1 nitrogen and oxygen atoms in total. The molecule has 0 atom stereocenters. The van der Waals surface area contributed by atoms with Crippen molar-refractivity contribution in [3.05, 3.63) is 35.6 Å². The molecule has 2 heteroatoms. The molecule has 0 aliphatic carbocycles. The highest BCUT2D eigenvalue weighted by Gasteiger charge is 2.19. The van der Waals surface area contributed by atoms with E-state index in [-0.39, 0.29) is 5.56 Å². The van der Waals surface area contributed by atoms with E-state index in [0.29, 0.717) is 0 Å². The van der Waals surface area contributed by atoms with Crippen molar-refractivity contribution in [3.8, 4) is 0 Å². The highest BCUT2D eigenvalue weighted by molar-refractivity contribution is 5.21. The SMILES string of the molecule is CC(C)(O)c1ccc[c]c1F. The van der Waals surface area contributed by atoms with Crippen LogP contribution in [0.1, 0.15) is 19.4 Å². The lowest BCUT2D eigenvalue weighted by Gasteiger charge is -2.17. The zero-order valence-electron chi connectivity index (χ0n) is 6.56. The summed E-state index contributed by atoms with van der Waals surface area (Å²) < 4.78 is 12.9. The number of hydrogen-bond donors (Lipinski definition) is 1. The Morgan fingerprint density at radius 1 is 1.55 bits per heavy atom.